The zero-order valence-electron chi connectivity index (χ0n) is 9.34. The summed E-state index contributed by atoms with van der Waals surface area (Å²) < 4.78 is 0.722. The summed E-state index contributed by atoms with van der Waals surface area (Å²) in [5, 5.41) is 0. The highest BCUT2D eigenvalue weighted by Crippen LogP contribution is 1.97. The van der Waals surface area contributed by atoms with Crippen LogP contribution in [0.3, 0.4) is 0 Å². The SMILES string of the molecule is Cc1cc(=O)n(OCc2ccccc2)c(=O)[nH]1. The number of benzene rings is 1. The molecule has 2 rings (SSSR count). The van der Waals surface area contributed by atoms with Crippen molar-refractivity contribution in [1.82, 2.24) is 9.71 Å². The summed E-state index contributed by atoms with van der Waals surface area (Å²) in [6.45, 7) is 1.82. The maximum Gasteiger partial charge on any atom is 0.362 e. The van der Waals surface area contributed by atoms with E-state index in [4.69, 9.17) is 4.84 Å². The molecular weight excluding hydrogens is 220 g/mol. The monoisotopic (exact) mass is 232 g/mol. The van der Waals surface area contributed by atoms with Crippen LogP contribution in [0.5, 0.6) is 0 Å². The molecule has 1 aromatic heterocycles. The molecule has 0 saturated heterocycles. The standard InChI is InChI=1S/C12H12N2O3/c1-9-7-11(15)14(12(16)13-9)17-8-10-5-3-2-4-6-10/h2-7H,8H2,1H3,(H,13,16). The summed E-state index contributed by atoms with van der Waals surface area (Å²) in [5.41, 5.74) is 0.368. The Morgan fingerprint density at radius 2 is 1.94 bits per heavy atom. The highest BCUT2D eigenvalue weighted by atomic mass is 16.7. The molecule has 1 N–H and O–H groups in total. The summed E-state index contributed by atoms with van der Waals surface area (Å²) in [6, 6.07) is 10.6. The molecule has 0 saturated carbocycles. The van der Waals surface area contributed by atoms with Crippen LogP contribution in [-0.4, -0.2) is 9.71 Å². The number of aryl methyl sites for hydroxylation is 1. The van der Waals surface area contributed by atoms with Gasteiger partial charge in [-0.05, 0) is 12.5 Å². The van der Waals surface area contributed by atoms with E-state index in [1.54, 1.807) is 6.92 Å². The van der Waals surface area contributed by atoms with E-state index < -0.39 is 11.2 Å². The van der Waals surface area contributed by atoms with Gasteiger partial charge in [-0.25, -0.2) is 4.79 Å². The molecule has 5 heteroatoms. The minimum absolute atomic E-state index is 0.173. The fourth-order valence-corrected chi connectivity index (χ4v) is 1.44. The predicted octanol–water partition coefficient (Wildman–Crippen LogP) is 0.474. The van der Waals surface area contributed by atoms with Crippen LogP contribution in [0.1, 0.15) is 11.3 Å². The van der Waals surface area contributed by atoms with Gasteiger partial charge >= 0.3 is 5.69 Å². The Hall–Kier alpha value is -2.30. The zero-order valence-corrected chi connectivity index (χ0v) is 9.34. The van der Waals surface area contributed by atoms with Gasteiger partial charge in [0.05, 0.1) is 0 Å². The van der Waals surface area contributed by atoms with Crippen molar-refractivity contribution < 1.29 is 4.84 Å². The van der Waals surface area contributed by atoms with Gasteiger partial charge in [0.1, 0.15) is 6.61 Å². The molecule has 5 nitrogen and oxygen atoms in total. The van der Waals surface area contributed by atoms with Crippen LogP contribution in [0.25, 0.3) is 0 Å². The minimum Gasteiger partial charge on any atom is -0.401 e. The maximum absolute atomic E-state index is 11.5. The quantitative estimate of drug-likeness (QED) is 0.836. The first-order valence-electron chi connectivity index (χ1n) is 5.17. The predicted molar refractivity (Wildman–Crippen MR) is 62.8 cm³/mol. The molecule has 1 aromatic carbocycles. The third kappa shape index (κ3) is 2.63. The van der Waals surface area contributed by atoms with Crippen molar-refractivity contribution in [2.75, 3.05) is 0 Å². The van der Waals surface area contributed by atoms with Gasteiger partial charge in [-0.3, -0.25) is 4.79 Å². The van der Waals surface area contributed by atoms with Crippen LogP contribution < -0.4 is 16.1 Å². The molecule has 1 heterocycles. The van der Waals surface area contributed by atoms with Crippen molar-refractivity contribution in [3.63, 3.8) is 0 Å². The van der Waals surface area contributed by atoms with Crippen molar-refractivity contribution in [1.29, 1.82) is 0 Å². The average Bonchev–Trinajstić information content (AvgIpc) is 2.29. The second-order valence-corrected chi connectivity index (χ2v) is 3.65. The van der Waals surface area contributed by atoms with Crippen molar-refractivity contribution in [2.45, 2.75) is 13.5 Å². The van der Waals surface area contributed by atoms with E-state index in [9.17, 15) is 9.59 Å². The number of rotatable bonds is 3. The van der Waals surface area contributed by atoms with E-state index in [0.717, 1.165) is 10.3 Å². The topological polar surface area (TPSA) is 64.1 Å². The fourth-order valence-electron chi connectivity index (χ4n) is 1.44. The van der Waals surface area contributed by atoms with Crippen LogP contribution in [0.4, 0.5) is 0 Å². The van der Waals surface area contributed by atoms with Crippen LogP contribution in [0.15, 0.2) is 46.0 Å². The minimum atomic E-state index is -0.564. The summed E-state index contributed by atoms with van der Waals surface area (Å²) in [4.78, 5) is 30.6. The lowest BCUT2D eigenvalue weighted by molar-refractivity contribution is 0.0787. The number of hydrogen-bond acceptors (Lipinski definition) is 3. The Balaban J connectivity index is 2.21. The van der Waals surface area contributed by atoms with Crippen molar-refractivity contribution in [3.8, 4) is 0 Å². The summed E-state index contributed by atoms with van der Waals surface area (Å²) in [5.74, 6) is 0. The number of H-pyrrole nitrogens is 1. The molecule has 0 amide bonds. The molecule has 0 radical (unpaired) electrons. The van der Waals surface area contributed by atoms with Crippen molar-refractivity contribution in [2.24, 2.45) is 0 Å². The van der Waals surface area contributed by atoms with Crippen LogP contribution in [-0.2, 0) is 6.61 Å². The molecule has 2 aromatic rings. The first-order valence-corrected chi connectivity index (χ1v) is 5.17. The number of aromatic nitrogens is 2. The largest absolute Gasteiger partial charge is 0.401 e. The number of hydrogen-bond donors (Lipinski definition) is 1. The average molecular weight is 232 g/mol. The molecule has 0 aliphatic carbocycles. The Morgan fingerprint density at radius 1 is 1.24 bits per heavy atom. The van der Waals surface area contributed by atoms with E-state index in [0.29, 0.717) is 5.69 Å². The van der Waals surface area contributed by atoms with E-state index in [-0.39, 0.29) is 6.61 Å². The van der Waals surface area contributed by atoms with Gasteiger partial charge in [-0.15, -0.1) is 0 Å². The maximum atomic E-state index is 11.5. The van der Waals surface area contributed by atoms with Crippen LogP contribution in [0.2, 0.25) is 0 Å². The van der Waals surface area contributed by atoms with Gasteiger partial charge in [-0.2, -0.15) is 0 Å². The molecular formula is C12H12N2O3. The van der Waals surface area contributed by atoms with Gasteiger partial charge in [0.15, 0.2) is 0 Å². The van der Waals surface area contributed by atoms with E-state index >= 15 is 0 Å². The molecule has 0 fully saturated rings. The lowest BCUT2D eigenvalue weighted by Crippen LogP contribution is -2.39. The highest BCUT2D eigenvalue weighted by molar-refractivity contribution is 5.13. The van der Waals surface area contributed by atoms with Gasteiger partial charge in [-0.1, -0.05) is 35.1 Å². The molecule has 0 bridgehead atoms. The third-order valence-electron chi connectivity index (χ3n) is 2.23. The molecule has 0 aliphatic rings. The zero-order chi connectivity index (χ0) is 12.3. The highest BCUT2D eigenvalue weighted by Gasteiger charge is 2.03. The Labute approximate surface area is 97.3 Å². The lowest BCUT2D eigenvalue weighted by Gasteiger charge is -2.06. The molecule has 17 heavy (non-hydrogen) atoms. The summed E-state index contributed by atoms with van der Waals surface area (Å²) in [6.07, 6.45) is 0. The molecule has 0 atom stereocenters. The second-order valence-electron chi connectivity index (χ2n) is 3.65. The number of aromatic amines is 1. The Kier molecular flexibility index (Phi) is 3.09. The van der Waals surface area contributed by atoms with E-state index in [1.807, 2.05) is 30.3 Å². The van der Waals surface area contributed by atoms with E-state index in [2.05, 4.69) is 4.98 Å². The Morgan fingerprint density at radius 3 is 2.59 bits per heavy atom. The van der Waals surface area contributed by atoms with Crippen LogP contribution in [0, 0.1) is 6.92 Å². The Bertz CT molecular complexity index is 582. The fraction of sp³-hybridized carbons (Fsp3) is 0.167. The summed E-state index contributed by atoms with van der Waals surface area (Å²) >= 11 is 0. The van der Waals surface area contributed by atoms with Crippen LogP contribution >= 0.6 is 0 Å². The van der Waals surface area contributed by atoms with E-state index in [1.165, 1.54) is 6.07 Å². The number of nitrogens with zero attached hydrogens (tertiary/aromatic N) is 1. The molecule has 0 unspecified atom stereocenters. The smallest absolute Gasteiger partial charge is 0.362 e. The summed E-state index contributed by atoms with van der Waals surface area (Å²) in [7, 11) is 0. The molecule has 0 aliphatic heterocycles. The van der Waals surface area contributed by atoms with Crippen molar-refractivity contribution >= 4 is 0 Å². The normalized spacial score (nSPS) is 10.2. The van der Waals surface area contributed by atoms with Gasteiger partial charge < -0.3 is 9.82 Å². The molecule has 88 valence electrons. The third-order valence-corrected chi connectivity index (χ3v) is 2.23. The first-order chi connectivity index (χ1) is 8.16. The second kappa shape index (κ2) is 4.69. The van der Waals surface area contributed by atoms with Gasteiger partial charge in [0, 0.05) is 11.8 Å². The lowest BCUT2D eigenvalue weighted by atomic mass is 10.2. The van der Waals surface area contributed by atoms with Gasteiger partial charge in [0.25, 0.3) is 5.56 Å². The molecule has 0 spiro atoms. The van der Waals surface area contributed by atoms with Gasteiger partial charge in [0.2, 0.25) is 0 Å². The number of nitrogens with one attached hydrogen (secondary N) is 1. The van der Waals surface area contributed by atoms with Crippen molar-refractivity contribution in [3.05, 3.63) is 68.5 Å². The first kappa shape index (κ1) is 11.2.